The third kappa shape index (κ3) is 5.09. The predicted octanol–water partition coefficient (Wildman–Crippen LogP) is 5.91. The van der Waals surface area contributed by atoms with Crippen molar-refractivity contribution < 1.29 is 4.79 Å². The first kappa shape index (κ1) is 21.6. The second-order valence-electron chi connectivity index (χ2n) is 9.41. The molecule has 0 spiro atoms. The van der Waals surface area contributed by atoms with Crippen LogP contribution in [-0.4, -0.2) is 33.4 Å². The molecule has 3 rings (SSSR count). The van der Waals surface area contributed by atoms with Gasteiger partial charge in [-0.25, -0.2) is 4.98 Å². The molecule has 1 aliphatic carbocycles. The summed E-state index contributed by atoms with van der Waals surface area (Å²) in [6, 6.07) is 7.95. The number of benzene rings is 1. The Bertz CT molecular complexity index is 804. The summed E-state index contributed by atoms with van der Waals surface area (Å²) in [5, 5.41) is 0. The summed E-state index contributed by atoms with van der Waals surface area (Å²) in [5.74, 6) is 2.02. The molecule has 0 N–H and O–H groups in total. The molecule has 1 fully saturated rings. The number of hydrogen-bond donors (Lipinski definition) is 0. The molecule has 1 heterocycles. The first-order valence-corrected chi connectivity index (χ1v) is 11.3. The Balaban J connectivity index is 1.85. The van der Waals surface area contributed by atoms with Crippen molar-refractivity contribution in [3.8, 4) is 11.3 Å². The van der Waals surface area contributed by atoms with Crippen LogP contribution in [0, 0.1) is 5.92 Å². The highest BCUT2D eigenvalue weighted by molar-refractivity contribution is 5.94. The third-order valence-corrected chi connectivity index (χ3v) is 6.11. The van der Waals surface area contributed by atoms with Gasteiger partial charge in [-0.3, -0.25) is 4.79 Å². The Kier molecular flexibility index (Phi) is 6.81. The highest BCUT2D eigenvalue weighted by Gasteiger charge is 2.24. The van der Waals surface area contributed by atoms with Gasteiger partial charge in [0.25, 0.3) is 5.91 Å². The van der Waals surface area contributed by atoms with Crippen LogP contribution < -0.4 is 0 Å². The quantitative estimate of drug-likeness (QED) is 0.610. The molecule has 1 amide bonds. The molecular weight excluding hydrogens is 358 g/mol. The number of imidazole rings is 1. The van der Waals surface area contributed by atoms with E-state index in [2.05, 4.69) is 31.5 Å². The van der Waals surface area contributed by atoms with Crippen LogP contribution in [-0.2, 0) is 12.0 Å². The Morgan fingerprint density at radius 1 is 1.07 bits per heavy atom. The maximum Gasteiger partial charge on any atom is 0.253 e. The lowest BCUT2D eigenvalue weighted by molar-refractivity contribution is 0.0773. The normalized spacial score (nSPS) is 15.5. The summed E-state index contributed by atoms with van der Waals surface area (Å²) in [7, 11) is 0. The number of aromatic nitrogens is 2. The van der Waals surface area contributed by atoms with Crippen molar-refractivity contribution in [2.75, 3.05) is 13.1 Å². The molecule has 1 saturated carbocycles. The van der Waals surface area contributed by atoms with Gasteiger partial charge in [-0.2, -0.15) is 0 Å². The van der Waals surface area contributed by atoms with Crippen LogP contribution in [0.2, 0.25) is 0 Å². The Labute approximate surface area is 176 Å². The van der Waals surface area contributed by atoms with Gasteiger partial charge in [0.2, 0.25) is 0 Å². The molecule has 0 aliphatic heterocycles. The number of carbonyl (C=O) groups is 1. The van der Waals surface area contributed by atoms with E-state index in [0.29, 0.717) is 0 Å². The molecule has 1 aromatic heterocycles. The van der Waals surface area contributed by atoms with Gasteiger partial charge in [0.15, 0.2) is 0 Å². The minimum Gasteiger partial charge on any atom is -0.339 e. The summed E-state index contributed by atoms with van der Waals surface area (Å²) < 4.78 is 2.39. The number of hydrogen-bond acceptors (Lipinski definition) is 2. The van der Waals surface area contributed by atoms with Gasteiger partial charge in [0, 0.05) is 42.4 Å². The zero-order valence-corrected chi connectivity index (χ0v) is 18.9. The van der Waals surface area contributed by atoms with E-state index in [9.17, 15) is 4.79 Å². The van der Waals surface area contributed by atoms with Crippen molar-refractivity contribution >= 4 is 5.91 Å². The summed E-state index contributed by atoms with van der Waals surface area (Å²) in [4.78, 5) is 19.5. The van der Waals surface area contributed by atoms with E-state index in [1.165, 1.54) is 32.1 Å². The van der Waals surface area contributed by atoms with Gasteiger partial charge < -0.3 is 9.47 Å². The molecule has 1 aliphatic rings. The van der Waals surface area contributed by atoms with E-state index in [1.54, 1.807) is 0 Å². The fourth-order valence-corrected chi connectivity index (χ4v) is 4.42. The lowest BCUT2D eigenvalue weighted by atomic mass is 9.88. The number of rotatable bonds is 6. The molecule has 29 heavy (non-hydrogen) atoms. The molecule has 0 radical (unpaired) electrons. The SMILES string of the molecule is CCN(CC)C(=O)c1ccc(-c2cn(CC3CCCCC3)c(C(C)(C)C)n2)cc1. The van der Waals surface area contributed by atoms with Gasteiger partial charge >= 0.3 is 0 Å². The van der Waals surface area contributed by atoms with Crippen LogP contribution in [0.15, 0.2) is 30.5 Å². The van der Waals surface area contributed by atoms with Crippen molar-refractivity contribution in [2.45, 2.75) is 78.7 Å². The van der Waals surface area contributed by atoms with Crippen LogP contribution in [0.4, 0.5) is 0 Å². The molecule has 0 bridgehead atoms. The lowest BCUT2D eigenvalue weighted by Gasteiger charge is -2.25. The van der Waals surface area contributed by atoms with Gasteiger partial charge in [0.05, 0.1) is 5.69 Å². The smallest absolute Gasteiger partial charge is 0.253 e. The van der Waals surface area contributed by atoms with Crippen molar-refractivity contribution in [3.05, 3.63) is 41.9 Å². The van der Waals surface area contributed by atoms with Crippen LogP contribution in [0.25, 0.3) is 11.3 Å². The van der Waals surface area contributed by atoms with Crippen molar-refractivity contribution in [2.24, 2.45) is 5.92 Å². The van der Waals surface area contributed by atoms with Crippen molar-refractivity contribution in [1.29, 1.82) is 0 Å². The van der Waals surface area contributed by atoms with Crippen LogP contribution in [0.3, 0.4) is 0 Å². The lowest BCUT2D eigenvalue weighted by Crippen LogP contribution is -2.30. The fraction of sp³-hybridized carbons (Fsp3) is 0.600. The second-order valence-corrected chi connectivity index (χ2v) is 9.41. The first-order valence-electron chi connectivity index (χ1n) is 11.3. The number of nitrogens with zero attached hydrogens (tertiary/aromatic N) is 3. The first-order chi connectivity index (χ1) is 13.8. The van der Waals surface area contributed by atoms with Crippen LogP contribution in [0.5, 0.6) is 0 Å². The molecule has 4 nitrogen and oxygen atoms in total. The van der Waals surface area contributed by atoms with Gasteiger partial charge in [0.1, 0.15) is 5.82 Å². The number of carbonyl (C=O) groups excluding carboxylic acids is 1. The van der Waals surface area contributed by atoms with Crippen LogP contribution in [0.1, 0.15) is 82.9 Å². The Hall–Kier alpha value is -2.10. The molecule has 4 heteroatoms. The van der Waals surface area contributed by atoms with Gasteiger partial charge in [-0.05, 0) is 44.7 Å². The maximum absolute atomic E-state index is 12.6. The van der Waals surface area contributed by atoms with Gasteiger partial charge in [-0.1, -0.05) is 52.2 Å². The van der Waals surface area contributed by atoms with Crippen molar-refractivity contribution in [1.82, 2.24) is 14.5 Å². The highest BCUT2D eigenvalue weighted by Crippen LogP contribution is 2.30. The maximum atomic E-state index is 12.6. The van der Waals surface area contributed by atoms with Gasteiger partial charge in [-0.15, -0.1) is 0 Å². The molecule has 0 atom stereocenters. The summed E-state index contributed by atoms with van der Waals surface area (Å²) >= 11 is 0. The molecular formula is C25H37N3O. The molecule has 0 unspecified atom stereocenters. The topological polar surface area (TPSA) is 38.1 Å². The highest BCUT2D eigenvalue weighted by atomic mass is 16.2. The molecule has 158 valence electrons. The average molecular weight is 396 g/mol. The average Bonchev–Trinajstić information content (AvgIpc) is 3.14. The van der Waals surface area contributed by atoms with Crippen LogP contribution >= 0.6 is 0 Å². The Morgan fingerprint density at radius 3 is 2.24 bits per heavy atom. The van der Waals surface area contributed by atoms with Crippen molar-refractivity contribution in [3.63, 3.8) is 0 Å². The second kappa shape index (κ2) is 9.15. The Morgan fingerprint density at radius 2 is 1.69 bits per heavy atom. The van der Waals surface area contributed by atoms with E-state index in [-0.39, 0.29) is 11.3 Å². The van der Waals surface area contributed by atoms with E-state index in [1.807, 2.05) is 43.0 Å². The minimum atomic E-state index is 0.00553. The largest absolute Gasteiger partial charge is 0.339 e. The molecule has 2 aromatic rings. The van der Waals surface area contributed by atoms with E-state index >= 15 is 0 Å². The summed E-state index contributed by atoms with van der Waals surface area (Å²) in [6.45, 7) is 13.3. The third-order valence-electron chi connectivity index (χ3n) is 6.11. The predicted molar refractivity (Wildman–Crippen MR) is 120 cm³/mol. The summed E-state index contributed by atoms with van der Waals surface area (Å²) in [6.07, 6.45) is 8.99. The van der Waals surface area contributed by atoms with E-state index < -0.39 is 0 Å². The monoisotopic (exact) mass is 395 g/mol. The zero-order valence-electron chi connectivity index (χ0n) is 18.9. The molecule has 1 aromatic carbocycles. The molecule has 0 saturated heterocycles. The fourth-order valence-electron chi connectivity index (χ4n) is 4.42. The standard InChI is InChI=1S/C25H37N3O/c1-6-27(7-2)23(29)21-15-13-20(14-16-21)22-18-28(24(26-22)25(3,4)5)17-19-11-9-8-10-12-19/h13-16,18-19H,6-12,17H2,1-5H3. The van der Waals surface area contributed by atoms with E-state index in [0.717, 1.165) is 48.2 Å². The number of amides is 1. The zero-order chi connectivity index (χ0) is 21.0. The minimum absolute atomic E-state index is 0.00553. The summed E-state index contributed by atoms with van der Waals surface area (Å²) in [5.41, 5.74) is 2.84. The van der Waals surface area contributed by atoms with E-state index in [4.69, 9.17) is 4.98 Å².